The first kappa shape index (κ1) is 35.9. The Balaban J connectivity index is 0.000000875. The molecular formula is C34H42N2O9S. The molecule has 2 N–H and O–H groups in total. The Hall–Kier alpha value is -4.55. The first-order chi connectivity index (χ1) is 21.8. The molecule has 0 fully saturated rings. The molecule has 2 aromatic carbocycles. The van der Waals surface area contributed by atoms with Crippen molar-refractivity contribution in [1.29, 1.82) is 0 Å². The number of carbonyl (C=O) groups is 2. The molecule has 0 spiro atoms. The number of aryl methyl sites for hydroxylation is 1. The summed E-state index contributed by atoms with van der Waals surface area (Å²) >= 11 is 0. The lowest BCUT2D eigenvalue weighted by atomic mass is 10.1. The summed E-state index contributed by atoms with van der Waals surface area (Å²) in [6, 6.07) is 16.7. The normalized spacial score (nSPS) is 11.3. The summed E-state index contributed by atoms with van der Waals surface area (Å²) in [6.07, 6.45) is 5.60. The quantitative estimate of drug-likeness (QED) is 0.144. The zero-order valence-corrected chi connectivity index (χ0v) is 27.8. The van der Waals surface area contributed by atoms with E-state index in [4.69, 9.17) is 34.0 Å². The zero-order chi connectivity index (χ0) is 34.0. The van der Waals surface area contributed by atoms with Gasteiger partial charge in [0.2, 0.25) is 9.84 Å². The molecule has 0 radical (unpaired) electrons. The number of fused-ring (bicyclic) bond motifs is 1. The highest BCUT2D eigenvalue weighted by Gasteiger charge is 2.28. The van der Waals surface area contributed by atoms with Crippen LogP contribution >= 0.6 is 0 Å². The van der Waals surface area contributed by atoms with Crippen LogP contribution in [-0.2, 0) is 25.8 Å². The molecule has 0 saturated heterocycles. The topological polar surface area (TPSA) is 144 Å². The fraction of sp³-hybridized carbons (Fsp3) is 0.353. The Kier molecular flexibility index (Phi) is 12.6. The minimum atomic E-state index is -3.71. The molecule has 0 aliphatic carbocycles. The average Bonchev–Trinajstić information content (AvgIpc) is 3.45. The summed E-state index contributed by atoms with van der Waals surface area (Å²) < 4.78 is 46.1. The van der Waals surface area contributed by atoms with Gasteiger partial charge in [0.15, 0.2) is 11.5 Å². The van der Waals surface area contributed by atoms with Crippen molar-refractivity contribution in [3.63, 3.8) is 0 Å². The first-order valence-corrected chi connectivity index (χ1v) is 16.2. The van der Waals surface area contributed by atoms with E-state index in [0.717, 1.165) is 54.1 Å². The minimum absolute atomic E-state index is 0.0730. The standard InChI is InChI=1S/C32H40N2O5S.C2H2O4/c1-23(2)28-22-34-18-7-9-24(3)31(34)32(28)40(35,36)27-13-11-26(12-14-27)39-20-8-17-33(4)19-16-25-10-15-29(37-5)30(21-25)38-6;3-1(4)2(5)6/h7,9-15,18,21-23H,8,16-17,19-20H2,1-6H3;(H,3,4)(H,5,6). The number of carboxylic acids is 2. The maximum atomic E-state index is 13.8. The van der Waals surface area contributed by atoms with Crippen LogP contribution in [0, 0.1) is 6.92 Å². The predicted octanol–water partition coefficient (Wildman–Crippen LogP) is 5.32. The molecule has 248 valence electrons. The van der Waals surface area contributed by atoms with E-state index >= 15 is 0 Å². The molecule has 0 unspecified atom stereocenters. The van der Waals surface area contributed by atoms with Gasteiger partial charge in [0, 0.05) is 25.5 Å². The lowest BCUT2D eigenvalue weighted by molar-refractivity contribution is -0.159. The third-order valence-electron chi connectivity index (χ3n) is 7.37. The van der Waals surface area contributed by atoms with Crippen molar-refractivity contribution in [1.82, 2.24) is 9.30 Å². The average molecular weight is 655 g/mol. The fourth-order valence-corrected chi connectivity index (χ4v) is 6.75. The number of likely N-dealkylation sites (N-methyl/N-ethyl adjacent to an activating group) is 1. The van der Waals surface area contributed by atoms with Crippen LogP contribution in [0.25, 0.3) is 5.52 Å². The smallest absolute Gasteiger partial charge is 0.414 e. The third kappa shape index (κ3) is 9.01. The molecule has 12 heteroatoms. The molecule has 0 bridgehead atoms. The molecule has 2 heterocycles. The second-order valence-electron chi connectivity index (χ2n) is 11.0. The van der Waals surface area contributed by atoms with Crippen LogP contribution in [0.2, 0.25) is 0 Å². The molecule has 2 aromatic heterocycles. The molecule has 0 saturated carbocycles. The number of sulfone groups is 1. The van der Waals surface area contributed by atoms with E-state index in [2.05, 4.69) is 18.0 Å². The van der Waals surface area contributed by atoms with Crippen molar-refractivity contribution in [2.75, 3.05) is 41.0 Å². The van der Waals surface area contributed by atoms with E-state index in [1.165, 1.54) is 5.56 Å². The van der Waals surface area contributed by atoms with Gasteiger partial charge in [-0.25, -0.2) is 18.0 Å². The fourth-order valence-electron chi connectivity index (χ4n) is 4.91. The Bertz CT molecular complexity index is 1730. The number of aliphatic carboxylic acids is 2. The second kappa shape index (κ2) is 16.1. The summed E-state index contributed by atoms with van der Waals surface area (Å²) in [6.45, 7) is 8.34. The Morgan fingerprint density at radius 1 is 0.935 bits per heavy atom. The van der Waals surface area contributed by atoms with E-state index in [-0.39, 0.29) is 10.8 Å². The van der Waals surface area contributed by atoms with Gasteiger partial charge in [-0.2, -0.15) is 0 Å². The van der Waals surface area contributed by atoms with Crippen LogP contribution in [0.5, 0.6) is 17.2 Å². The van der Waals surface area contributed by atoms with Crippen LogP contribution in [0.4, 0.5) is 0 Å². The lowest BCUT2D eigenvalue weighted by Gasteiger charge is -2.17. The monoisotopic (exact) mass is 654 g/mol. The Morgan fingerprint density at radius 2 is 1.59 bits per heavy atom. The number of benzene rings is 2. The van der Waals surface area contributed by atoms with Gasteiger partial charge >= 0.3 is 11.9 Å². The van der Waals surface area contributed by atoms with E-state index in [9.17, 15) is 8.42 Å². The number of methoxy groups -OCH3 is 2. The first-order valence-electron chi connectivity index (χ1n) is 14.7. The number of carboxylic acid groups (broad SMARTS) is 2. The summed E-state index contributed by atoms with van der Waals surface area (Å²) in [5.41, 5.74) is 3.69. The summed E-state index contributed by atoms with van der Waals surface area (Å²) in [4.78, 5) is 21.1. The van der Waals surface area contributed by atoms with Crippen molar-refractivity contribution in [2.45, 2.75) is 49.3 Å². The number of aromatic nitrogens is 1. The van der Waals surface area contributed by atoms with E-state index in [1.807, 2.05) is 61.8 Å². The number of rotatable bonds is 13. The highest BCUT2D eigenvalue weighted by molar-refractivity contribution is 7.91. The number of hydrogen-bond acceptors (Lipinski definition) is 8. The molecule has 4 rings (SSSR count). The van der Waals surface area contributed by atoms with E-state index in [1.54, 1.807) is 38.5 Å². The Labute approximate surface area is 269 Å². The van der Waals surface area contributed by atoms with Gasteiger partial charge in [-0.1, -0.05) is 26.0 Å². The molecule has 11 nitrogen and oxygen atoms in total. The Morgan fingerprint density at radius 3 is 2.17 bits per heavy atom. The summed E-state index contributed by atoms with van der Waals surface area (Å²) in [7, 11) is 1.67. The molecule has 0 aliphatic heterocycles. The molecule has 0 atom stereocenters. The number of hydrogen-bond donors (Lipinski definition) is 2. The maximum absolute atomic E-state index is 13.8. The van der Waals surface area contributed by atoms with Crippen molar-refractivity contribution >= 4 is 27.3 Å². The van der Waals surface area contributed by atoms with Gasteiger partial charge in [0.1, 0.15) is 10.6 Å². The van der Waals surface area contributed by atoms with Crippen LogP contribution in [-0.4, -0.2) is 80.8 Å². The third-order valence-corrected chi connectivity index (χ3v) is 9.23. The predicted molar refractivity (Wildman–Crippen MR) is 174 cm³/mol. The minimum Gasteiger partial charge on any atom is -0.494 e. The van der Waals surface area contributed by atoms with Gasteiger partial charge in [-0.05, 0) is 91.9 Å². The zero-order valence-electron chi connectivity index (χ0n) is 27.0. The van der Waals surface area contributed by atoms with Crippen molar-refractivity contribution < 1.29 is 42.4 Å². The molecule has 46 heavy (non-hydrogen) atoms. The maximum Gasteiger partial charge on any atom is 0.414 e. The summed E-state index contributed by atoms with van der Waals surface area (Å²) in [5.74, 6) is -1.44. The summed E-state index contributed by atoms with van der Waals surface area (Å²) in [5, 5.41) is 14.8. The molecule has 0 amide bonds. The molecule has 4 aromatic rings. The van der Waals surface area contributed by atoms with E-state index < -0.39 is 21.8 Å². The highest BCUT2D eigenvalue weighted by atomic mass is 32.2. The second-order valence-corrected chi connectivity index (χ2v) is 12.9. The lowest BCUT2D eigenvalue weighted by Crippen LogP contribution is -2.23. The van der Waals surface area contributed by atoms with Gasteiger partial charge in [0.05, 0.1) is 31.2 Å². The van der Waals surface area contributed by atoms with E-state index in [0.29, 0.717) is 17.3 Å². The number of pyridine rings is 1. The molecule has 0 aliphatic rings. The van der Waals surface area contributed by atoms with Gasteiger partial charge in [-0.15, -0.1) is 0 Å². The largest absolute Gasteiger partial charge is 0.494 e. The SMILES string of the molecule is COc1ccc(CCN(C)CCCOc2ccc(S(=O)(=O)c3c(C(C)C)cn4cccc(C)c34)cc2)cc1OC.O=C(O)C(=O)O. The molecular weight excluding hydrogens is 612 g/mol. The van der Waals surface area contributed by atoms with Crippen LogP contribution in [0.3, 0.4) is 0 Å². The highest BCUT2D eigenvalue weighted by Crippen LogP contribution is 2.35. The number of nitrogens with zero attached hydrogens (tertiary/aromatic N) is 2. The van der Waals surface area contributed by atoms with Crippen LogP contribution < -0.4 is 14.2 Å². The van der Waals surface area contributed by atoms with Crippen molar-refractivity contribution in [3.8, 4) is 17.2 Å². The van der Waals surface area contributed by atoms with Gasteiger partial charge < -0.3 is 33.7 Å². The van der Waals surface area contributed by atoms with Gasteiger partial charge in [0.25, 0.3) is 0 Å². The number of ether oxygens (including phenoxy) is 3. The van der Waals surface area contributed by atoms with Gasteiger partial charge in [-0.3, -0.25) is 0 Å². The van der Waals surface area contributed by atoms with Crippen LogP contribution in [0.15, 0.2) is 76.8 Å². The van der Waals surface area contributed by atoms with Crippen molar-refractivity contribution in [3.05, 3.63) is 83.7 Å². The van der Waals surface area contributed by atoms with Crippen molar-refractivity contribution in [2.24, 2.45) is 0 Å². The van der Waals surface area contributed by atoms with Crippen LogP contribution in [0.1, 0.15) is 42.9 Å².